The molecular weight excluding hydrogens is 226 g/mol. The molecular formula is C15H23NO2. The molecule has 0 amide bonds. The Morgan fingerprint density at radius 1 is 1.28 bits per heavy atom. The Morgan fingerprint density at radius 2 is 1.89 bits per heavy atom. The molecule has 1 rings (SSSR count). The highest BCUT2D eigenvalue weighted by molar-refractivity contribution is 5.67. The predicted octanol–water partition coefficient (Wildman–Crippen LogP) is 3.16. The molecule has 1 N–H and O–H groups in total. The van der Waals surface area contributed by atoms with Crippen LogP contribution in [0.1, 0.15) is 43.0 Å². The minimum Gasteiger partial charge on any atom is -0.481 e. The van der Waals surface area contributed by atoms with Gasteiger partial charge in [-0.25, -0.2) is 0 Å². The molecule has 2 unspecified atom stereocenters. The van der Waals surface area contributed by atoms with Crippen LogP contribution in [-0.2, 0) is 4.79 Å². The topological polar surface area (TPSA) is 40.5 Å². The fourth-order valence-electron chi connectivity index (χ4n) is 2.04. The third-order valence-electron chi connectivity index (χ3n) is 3.79. The van der Waals surface area contributed by atoms with Crippen LogP contribution < -0.4 is 0 Å². The molecule has 0 aliphatic carbocycles. The van der Waals surface area contributed by atoms with Crippen molar-refractivity contribution >= 4 is 5.97 Å². The largest absolute Gasteiger partial charge is 0.481 e. The fourth-order valence-corrected chi connectivity index (χ4v) is 2.04. The zero-order chi connectivity index (χ0) is 13.9. The molecule has 2 atom stereocenters. The van der Waals surface area contributed by atoms with Gasteiger partial charge >= 0.3 is 5.97 Å². The quantitative estimate of drug-likeness (QED) is 0.871. The SMILES string of the molecule is Cc1ccc(C(C)N(C)C(C)CC(=O)O)cc1C. The smallest absolute Gasteiger partial charge is 0.304 e. The molecule has 0 aromatic heterocycles. The summed E-state index contributed by atoms with van der Waals surface area (Å²) in [6, 6.07) is 6.68. The number of hydrogen-bond donors (Lipinski definition) is 1. The van der Waals surface area contributed by atoms with E-state index < -0.39 is 5.97 Å². The molecule has 0 bridgehead atoms. The summed E-state index contributed by atoms with van der Waals surface area (Å²) < 4.78 is 0. The van der Waals surface area contributed by atoms with E-state index in [1.165, 1.54) is 16.7 Å². The summed E-state index contributed by atoms with van der Waals surface area (Å²) >= 11 is 0. The molecule has 1 aromatic rings. The number of carboxylic acid groups (broad SMARTS) is 1. The van der Waals surface area contributed by atoms with Crippen molar-refractivity contribution in [2.75, 3.05) is 7.05 Å². The van der Waals surface area contributed by atoms with Gasteiger partial charge < -0.3 is 5.11 Å². The summed E-state index contributed by atoms with van der Waals surface area (Å²) in [4.78, 5) is 12.9. The van der Waals surface area contributed by atoms with Crippen LogP contribution in [0.5, 0.6) is 0 Å². The summed E-state index contributed by atoms with van der Waals surface area (Å²) in [6.07, 6.45) is 0.172. The highest BCUT2D eigenvalue weighted by Crippen LogP contribution is 2.23. The van der Waals surface area contributed by atoms with Crippen molar-refractivity contribution < 1.29 is 9.90 Å². The van der Waals surface area contributed by atoms with Gasteiger partial charge in [-0.1, -0.05) is 18.2 Å². The standard InChI is InChI=1S/C15H23NO2/c1-10-6-7-14(8-11(10)2)13(4)16(5)12(3)9-15(17)18/h6-8,12-13H,9H2,1-5H3,(H,17,18). The zero-order valence-corrected chi connectivity index (χ0v) is 11.9. The van der Waals surface area contributed by atoms with Crippen LogP contribution in [0.3, 0.4) is 0 Å². The third-order valence-corrected chi connectivity index (χ3v) is 3.79. The van der Waals surface area contributed by atoms with Crippen LogP contribution in [0.15, 0.2) is 18.2 Å². The fraction of sp³-hybridized carbons (Fsp3) is 0.533. The molecule has 3 nitrogen and oxygen atoms in total. The first-order valence-corrected chi connectivity index (χ1v) is 6.33. The van der Waals surface area contributed by atoms with Crippen LogP contribution in [0, 0.1) is 13.8 Å². The second kappa shape index (κ2) is 6.01. The Hall–Kier alpha value is -1.35. The molecule has 0 saturated carbocycles. The van der Waals surface area contributed by atoms with Gasteiger partial charge in [-0.2, -0.15) is 0 Å². The molecule has 100 valence electrons. The normalized spacial score (nSPS) is 14.6. The van der Waals surface area contributed by atoms with Crippen molar-refractivity contribution in [2.24, 2.45) is 0 Å². The summed E-state index contributed by atoms with van der Waals surface area (Å²) in [6.45, 7) is 8.26. The molecule has 0 aliphatic rings. The number of hydrogen-bond acceptors (Lipinski definition) is 2. The van der Waals surface area contributed by atoms with Gasteiger partial charge in [0.15, 0.2) is 0 Å². The van der Waals surface area contributed by atoms with E-state index in [-0.39, 0.29) is 18.5 Å². The second-order valence-corrected chi connectivity index (χ2v) is 5.13. The van der Waals surface area contributed by atoms with Gasteiger partial charge in [0.2, 0.25) is 0 Å². The van der Waals surface area contributed by atoms with Crippen molar-refractivity contribution in [1.29, 1.82) is 0 Å². The number of aliphatic carboxylic acids is 1. The van der Waals surface area contributed by atoms with Crippen molar-refractivity contribution in [3.05, 3.63) is 34.9 Å². The summed E-state index contributed by atoms with van der Waals surface area (Å²) in [5.74, 6) is -0.748. The van der Waals surface area contributed by atoms with E-state index in [9.17, 15) is 4.79 Å². The van der Waals surface area contributed by atoms with Gasteiger partial charge in [0, 0.05) is 12.1 Å². The average molecular weight is 249 g/mol. The molecule has 18 heavy (non-hydrogen) atoms. The maximum atomic E-state index is 10.7. The molecule has 0 fully saturated rings. The van der Waals surface area contributed by atoms with Gasteiger partial charge in [-0.3, -0.25) is 9.69 Å². The minimum absolute atomic E-state index is 0.0270. The highest BCUT2D eigenvalue weighted by atomic mass is 16.4. The van der Waals surface area contributed by atoms with E-state index in [4.69, 9.17) is 5.11 Å². The van der Waals surface area contributed by atoms with Crippen molar-refractivity contribution in [3.63, 3.8) is 0 Å². The number of benzene rings is 1. The number of rotatable bonds is 5. The molecule has 0 radical (unpaired) electrons. The van der Waals surface area contributed by atoms with Crippen molar-refractivity contribution in [1.82, 2.24) is 4.90 Å². The van der Waals surface area contributed by atoms with Gasteiger partial charge in [-0.05, 0) is 51.4 Å². The van der Waals surface area contributed by atoms with E-state index in [0.29, 0.717) is 0 Å². The minimum atomic E-state index is -0.748. The Kier molecular flexibility index (Phi) is 4.91. The first-order chi connectivity index (χ1) is 8.32. The number of nitrogens with zero attached hydrogens (tertiary/aromatic N) is 1. The van der Waals surface area contributed by atoms with Crippen molar-refractivity contribution in [3.8, 4) is 0 Å². The molecule has 0 spiro atoms. The average Bonchev–Trinajstić information content (AvgIpc) is 2.30. The molecule has 3 heteroatoms. The molecule has 0 heterocycles. The number of aryl methyl sites for hydroxylation is 2. The monoisotopic (exact) mass is 249 g/mol. The second-order valence-electron chi connectivity index (χ2n) is 5.13. The lowest BCUT2D eigenvalue weighted by Gasteiger charge is -2.30. The lowest BCUT2D eigenvalue weighted by atomic mass is 10.00. The predicted molar refractivity (Wildman–Crippen MR) is 73.8 cm³/mol. The van der Waals surface area contributed by atoms with E-state index in [1.807, 2.05) is 14.0 Å². The summed E-state index contributed by atoms with van der Waals surface area (Å²) in [5, 5.41) is 8.84. The van der Waals surface area contributed by atoms with E-state index in [0.717, 1.165) is 0 Å². The van der Waals surface area contributed by atoms with E-state index in [2.05, 4.69) is 43.9 Å². The van der Waals surface area contributed by atoms with Crippen molar-refractivity contribution in [2.45, 2.75) is 46.2 Å². The zero-order valence-electron chi connectivity index (χ0n) is 11.9. The van der Waals surface area contributed by atoms with Crippen LogP contribution >= 0.6 is 0 Å². The summed E-state index contributed by atoms with van der Waals surface area (Å²) in [7, 11) is 1.98. The Balaban J connectivity index is 2.82. The number of carboxylic acids is 1. The first-order valence-electron chi connectivity index (χ1n) is 6.33. The lowest BCUT2D eigenvalue weighted by Crippen LogP contribution is -2.33. The van der Waals surface area contributed by atoms with Gasteiger partial charge in [0.25, 0.3) is 0 Å². The molecule has 0 aliphatic heterocycles. The Labute approximate surface area is 109 Å². The van der Waals surface area contributed by atoms with Crippen LogP contribution in [0.25, 0.3) is 0 Å². The lowest BCUT2D eigenvalue weighted by molar-refractivity contribution is -0.138. The highest BCUT2D eigenvalue weighted by Gasteiger charge is 2.19. The van der Waals surface area contributed by atoms with E-state index in [1.54, 1.807) is 0 Å². The Morgan fingerprint density at radius 3 is 2.39 bits per heavy atom. The van der Waals surface area contributed by atoms with Gasteiger partial charge in [0.05, 0.1) is 6.42 Å². The van der Waals surface area contributed by atoms with Crippen LogP contribution in [-0.4, -0.2) is 29.1 Å². The van der Waals surface area contributed by atoms with Crippen LogP contribution in [0.2, 0.25) is 0 Å². The maximum absolute atomic E-state index is 10.7. The third kappa shape index (κ3) is 3.57. The number of carbonyl (C=O) groups is 1. The van der Waals surface area contributed by atoms with Crippen LogP contribution in [0.4, 0.5) is 0 Å². The van der Waals surface area contributed by atoms with Gasteiger partial charge in [0.1, 0.15) is 0 Å². The first kappa shape index (κ1) is 14.7. The Bertz CT molecular complexity index is 429. The summed E-state index contributed by atoms with van der Waals surface area (Å²) in [5.41, 5.74) is 3.80. The maximum Gasteiger partial charge on any atom is 0.304 e. The van der Waals surface area contributed by atoms with Gasteiger partial charge in [-0.15, -0.1) is 0 Å². The molecule has 0 saturated heterocycles. The van der Waals surface area contributed by atoms with E-state index >= 15 is 0 Å². The molecule has 1 aromatic carbocycles.